The first kappa shape index (κ1) is 20.2. The van der Waals surface area contributed by atoms with Crippen molar-refractivity contribution in [3.8, 4) is 0 Å². The summed E-state index contributed by atoms with van der Waals surface area (Å²) < 4.78 is 0. The van der Waals surface area contributed by atoms with Gasteiger partial charge in [-0.05, 0) is 62.8 Å². The summed E-state index contributed by atoms with van der Waals surface area (Å²) in [5.41, 5.74) is 3.35. The summed E-state index contributed by atoms with van der Waals surface area (Å²) in [4.78, 5) is 25.4. The molecule has 5 heteroatoms. The average molecular weight is 357 g/mol. The molecule has 0 radical (unpaired) electrons. The molecule has 0 aromatic heterocycles. The number of aryl methyl sites for hydroxylation is 1. The molecule has 2 N–H and O–H groups in total. The number of anilines is 1. The zero-order chi connectivity index (χ0) is 18.8. The standard InChI is InChI=1S/C21H31N3O2/c1-24(2)21(26)12-11-18-9-6-10-19(15-18)23-20(25)16-22-14-13-17-7-4-3-5-8-17/h6-7,9-10,15,22H,3-5,8,11-14,16H2,1-2H3,(H,23,25). The zero-order valence-corrected chi connectivity index (χ0v) is 16.0. The van der Waals surface area contributed by atoms with Gasteiger partial charge in [-0.1, -0.05) is 23.8 Å². The van der Waals surface area contributed by atoms with Gasteiger partial charge in [0.05, 0.1) is 6.54 Å². The van der Waals surface area contributed by atoms with Gasteiger partial charge >= 0.3 is 0 Å². The summed E-state index contributed by atoms with van der Waals surface area (Å²) in [6.45, 7) is 1.16. The molecule has 142 valence electrons. The molecule has 0 atom stereocenters. The van der Waals surface area contributed by atoms with Gasteiger partial charge in [0.25, 0.3) is 0 Å². The fourth-order valence-corrected chi connectivity index (χ4v) is 3.07. The van der Waals surface area contributed by atoms with Gasteiger partial charge in [-0.25, -0.2) is 0 Å². The van der Waals surface area contributed by atoms with E-state index in [1.807, 2.05) is 24.3 Å². The largest absolute Gasteiger partial charge is 0.349 e. The van der Waals surface area contributed by atoms with Gasteiger partial charge in [-0.2, -0.15) is 0 Å². The van der Waals surface area contributed by atoms with E-state index in [0.29, 0.717) is 19.4 Å². The summed E-state index contributed by atoms with van der Waals surface area (Å²) in [5, 5.41) is 6.14. The van der Waals surface area contributed by atoms with Crippen LogP contribution in [0.2, 0.25) is 0 Å². The Morgan fingerprint density at radius 2 is 2.00 bits per heavy atom. The third-order valence-electron chi connectivity index (χ3n) is 4.63. The molecule has 1 aromatic rings. The van der Waals surface area contributed by atoms with Gasteiger partial charge in [0.2, 0.25) is 11.8 Å². The molecule has 2 rings (SSSR count). The van der Waals surface area contributed by atoms with E-state index >= 15 is 0 Å². The molecule has 1 aliphatic rings. The second kappa shape index (κ2) is 10.8. The molecule has 0 saturated carbocycles. The lowest BCUT2D eigenvalue weighted by atomic mass is 9.97. The molecule has 0 fully saturated rings. The number of nitrogens with zero attached hydrogens (tertiary/aromatic N) is 1. The number of benzene rings is 1. The fraction of sp³-hybridized carbons (Fsp3) is 0.524. The highest BCUT2D eigenvalue weighted by molar-refractivity contribution is 5.92. The van der Waals surface area contributed by atoms with E-state index in [1.54, 1.807) is 19.0 Å². The SMILES string of the molecule is CN(C)C(=O)CCc1cccc(NC(=O)CNCCC2=CCCCC2)c1. The van der Waals surface area contributed by atoms with Crippen LogP contribution in [0, 0.1) is 0 Å². The Hall–Kier alpha value is -2.14. The molecule has 1 aromatic carbocycles. The zero-order valence-electron chi connectivity index (χ0n) is 16.0. The Morgan fingerprint density at radius 1 is 1.15 bits per heavy atom. The van der Waals surface area contributed by atoms with Crippen molar-refractivity contribution in [1.29, 1.82) is 0 Å². The first-order valence-electron chi connectivity index (χ1n) is 9.52. The van der Waals surface area contributed by atoms with Crippen molar-refractivity contribution in [1.82, 2.24) is 10.2 Å². The van der Waals surface area contributed by atoms with Crippen LogP contribution in [-0.4, -0.2) is 43.9 Å². The maximum atomic E-state index is 12.1. The molecular weight excluding hydrogens is 326 g/mol. The summed E-state index contributed by atoms with van der Waals surface area (Å²) in [7, 11) is 3.52. The molecule has 0 heterocycles. The summed E-state index contributed by atoms with van der Waals surface area (Å²) in [6.07, 6.45) is 9.53. The van der Waals surface area contributed by atoms with Crippen LogP contribution in [0.1, 0.15) is 44.1 Å². The fourth-order valence-electron chi connectivity index (χ4n) is 3.07. The minimum absolute atomic E-state index is 0.0378. The van der Waals surface area contributed by atoms with Crippen molar-refractivity contribution in [3.05, 3.63) is 41.5 Å². The minimum atomic E-state index is -0.0378. The molecule has 2 amide bonds. The van der Waals surface area contributed by atoms with E-state index in [9.17, 15) is 9.59 Å². The van der Waals surface area contributed by atoms with Crippen LogP contribution >= 0.6 is 0 Å². The first-order valence-corrected chi connectivity index (χ1v) is 9.52. The highest BCUT2D eigenvalue weighted by atomic mass is 16.2. The number of amides is 2. The lowest BCUT2D eigenvalue weighted by molar-refractivity contribution is -0.128. The molecule has 0 aliphatic heterocycles. The van der Waals surface area contributed by atoms with Gasteiger partial charge in [0, 0.05) is 26.2 Å². The monoisotopic (exact) mass is 357 g/mol. The van der Waals surface area contributed by atoms with E-state index < -0.39 is 0 Å². The highest BCUT2D eigenvalue weighted by Gasteiger charge is 2.07. The Morgan fingerprint density at radius 3 is 2.73 bits per heavy atom. The molecule has 0 unspecified atom stereocenters. The van der Waals surface area contributed by atoms with E-state index in [0.717, 1.165) is 24.2 Å². The number of allylic oxidation sites excluding steroid dienone is 1. The smallest absolute Gasteiger partial charge is 0.238 e. The topological polar surface area (TPSA) is 61.4 Å². The molecule has 0 spiro atoms. The van der Waals surface area contributed by atoms with Crippen molar-refractivity contribution < 1.29 is 9.59 Å². The van der Waals surface area contributed by atoms with Gasteiger partial charge in [-0.3, -0.25) is 9.59 Å². The minimum Gasteiger partial charge on any atom is -0.349 e. The van der Waals surface area contributed by atoms with Crippen molar-refractivity contribution in [2.45, 2.75) is 44.9 Å². The third-order valence-corrected chi connectivity index (χ3v) is 4.63. The van der Waals surface area contributed by atoms with Gasteiger partial charge in [-0.15, -0.1) is 0 Å². The normalized spacial score (nSPS) is 13.8. The summed E-state index contributed by atoms with van der Waals surface area (Å²) >= 11 is 0. The lowest BCUT2D eigenvalue weighted by Crippen LogP contribution is -2.29. The Kier molecular flexibility index (Phi) is 8.35. The molecular formula is C21H31N3O2. The van der Waals surface area contributed by atoms with E-state index in [1.165, 1.54) is 31.3 Å². The number of nitrogens with one attached hydrogen (secondary N) is 2. The van der Waals surface area contributed by atoms with Crippen LogP contribution in [0.4, 0.5) is 5.69 Å². The van der Waals surface area contributed by atoms with Crippen LogP contribution in [0.5, 0.6) is 0 Å². The predicted octanol–water partition coefficient (Wildman–Crippen LogP) is 3.13. The Balaban J connectivity index is 1.70. The van der Waals surface area contributed by atoms with Crippen molar-refractivity contribution in [2.75, 3.05) is 32.5 Å². The number of hydrogen-bond acceptors (Lipinski definition) is 3. The summed E-state index contributed by atoms with van der Waals surface area (Å²) in [6, 6.07) is 7.71. The summed E-state index contributed by atoms with van der Waals surface area (Å²) in [5.74, 6) is 0.0702. The second-order valence-corrected chi connectivity index (χ2v) is 7.07. The number of carbonyl (C=O) groups excluding carboxylic acids is 2. The quantitative estimate of drug-likeness (QED) is 0.527. The first-order chi connectivity index (χ1) is 12.5. The van der Waals surface area contributed by atoms with Gasteiger partial charge in [0.1, 0.15) is 0 Å². The maximum absolute atomic E-state index is 12.1. The van der Waals surface area contributed by atoms with Gasteiger partial charge in [0.15, 0.2) is 0 Å². The van der Waals surface area contributed by atoms with Crippen LogP contribution in [0.3, 0.4) is 0 Å². The lowest BCUT2D eigenvalue weighted by Gasteiger charge is -2.13. The van der Waals surface area contributed by atoms with Crippen LogP contribution in [0.25, 0.3) is 0 Å². The third kappa shape index (κ3) is 7.40. The van der Waals surface area contributed by atoms with Gasteiger partial charge < -0.3 is 15.5 Å². The van der Waals surface area contributed by atoms with Crippen LogP contribution in [-0.2, 0) is 16.0 Å². The van der Waals surface area contributed by atoms with Crippen molar-refractivity contribution >= 4 is 17.5 Å². The van der Waals surface area contributed by atoms with E-state index in [2.05, 4.69) is 16.7 Å². The highest BCUT2D eigenvalue weighted by Crippen LogP contribution is 2.19. The number of carbonyl (C=O) groups is 2. The van der Waals surface area contributed by atoms with Crippen LogP contribution in [0.15, 0.2) is 35.9 Å². The van der Waals surface area contributed by atoms with E-state index in [-0.39, 0.29) is 11.8 Å². The average Bonchev–Trinajstić information content (AvgIpc) is 2.64. The predicted molar refractivity (Wildman–Crippen MR) is 106 cm³/mol. The van der Waals surface area contributed by atoms with Crippen LogP contribution < -0.4 is 10.6 Å². The molecule has 5 nitrogen and oxygen atoms in total. The Bertz CT molecular complexity index is 638. The van der Waals surface area contributed by atoms with Crippen molar-refractivity contribution in [3.63, 3.8) is 0 Å². The number of hydrogen-bond donors (Lipinski definition) is 2. The maximum Gasteiger partial charge on any atom is 0.238 e. The second-order valence-electron chi connectivity index (χ2n) is 7.07. The van der Waals surface area contributed by atoms with E-state index in [4.69, 9.17) is 0 Å². The molecule has 0 saturated heterocycles. The van der Waals surface area contributed by atoms with Crippen molar-refractivity contribution in [2.24, 2.45) is 0 Å². The molecule has 1 aliphatic carbocycles. The molecule has 0 bridgehead atoms. The molecule has 26 heavy (non-hydrogen) atoms. The Labute approximate surface area is 156 Å². The number of rotatable bonds is 9.